The first-order chi connectivity index (χ1) is 6.36. The molecule has 0 spiro atoms. The lowest BCUT2D eigenvalue weighted by molar-refractivity contribution is 0.654. The van der Waals surface area contributed by atoms with E-state index in [0.717, 1.165) is 12.8 Å². The molecule has 1 heterocycles. The summed E-state index contributed by atoms with van der Waals surface area (Å²) in [6, 6.07) is 4.30. The molecule has 0 saturated carbocycles. The Kier molecular flexibility index (Phi) is 2.41. The molecule has 1 aliphatic carbocycles. The van der Waals surface area contributed by atoms with Crippen molar-refractivity contribution in [1.82, 2.24) is 4.98 Å². The standard InChI is InChI=1S/C11H14N2/c12-11-5-1-3-9(7-11)10-4-2-6-13-8-10/h2,4,6-8,11H,1,3,5,12H2. The second kappa shape index (κ2) is 3.71. The Bertz CT molecular complexity index is 303. The largest absolute Gasteiger partial charge is 0.324 e. The van der Waals surface area contributed by atoms with Crippen LogP contribution in [0, 0.1) is 0 Å². The number of pyridine rings is 1. The molecule has 2 N–H and O–H groups in total. The number of nitrogens with two attached hydrogens (primary N) is 1. The Morgan fingerprint density at radius 1 is 1.46 bits per heavy atom. The van der Waals surface area contributed by atoms with Gasteiger partial charge in [0.05, 0.1) is 0 Å². The minimum atomic E-state index is 0.240. The third kappa shape index (κ3) is 1.95. The van der Waals surface area contributed by atoms with Crippen molar-refractivity contribution in [2.24, 2.45) is 5.73 Å². The molecule has 1 unspecified atom stereocenters. The third-order valence-corrected chi connectivity index (χ3v) is 2.43. The summed E-state index contributed by atoms with van der Waals surface area (Å²) >= 11 is 0. The summed E-state index contributed by atoms with van der Waals surface area (Å²) in [4.78, 5) is 4.10. The molecule has 0 saturated heterocycles. The zero-order valence-corrected chi connectivity index (χ0v) is 7.61. The van der Waals surface area contributed by atoms with E-state index in [9.17, 15) is 0 Å². The Morgan fingerprint density at radius 3 is 3.08 bits per heavy atom. The van der Waals surface area contributed by atoms with Gasteiger partial charge in [0.1, 0.15) is 0 Å². The van der Waals surface area contributed by atoms with E-state index in [2.05, 4.69) is 17.1 Å². The lowest BCUT2D eigenvalue weighted by Crippen LogP contribution is -2.19. The van der Waals surface area contributed by atoms with Crippen molar-refractivity contribution in [3.05, 3.63) is 36.2 Å². The summed E-state index contributed by atoms with van der Waals surface area (Å²) in [5, 5.41) is 0. The summed E-state index contributed by atoms with van der Waals surface area (Å²) in [5.74, 6) is 0. The fraction of sp³-hybridized carbons (Fsp3) is 0.364. The predicted octanol–water partition coefficient (Wildman–Crippen LogP) is 1.98. The van der Waals surface area contributed by atoms with Crippen LogP contribution in [-0.2, 0) is 0 Å². The Morgan fingerprint density at radius 2 is 2.38 bits per heavy atom. The molecule has 2 rings (SSSR count). The molecule has 1 aliphatic rings. The van der Waals surface area contributed by atoms with Crippen molar-refractivity contribution in [2.45, 2.75) is 25.3 Å². The molecule has 1 aromatic heterocycles. The van der Waals surface area contributed by atoms with Crippen LogP contribution in [0.15, 0.2) is 30.6 Å². The van der Waals surface area contributed by atoms with Gasteiger partial charge in [0.25, 0.3) is 0 Å². The van der Waals surface area contributed by atoms with Crippen LogP contribution >= 0.6 is 0 Å². The maximum absolute atomic E-state index is 5.87. The normalized spacial score (nSPS) is 22.5. The lowest BCUT2D eigenvalue weighted by atomic mass is 9.92. The van der Waals surface area contributed by atoms with Crippen LogP contribution in [0.3, 0.4) is 0 Å². The predicted molar refractivity (Wildman–Crippen MR) is 54.0 cm³/mol. The molecule has 0 aromatic carbocycles. The van der Waals surface area contributed by atoms with E-state index in [1.54, 1.807) is 6.20 Å². The molecule has 68 valence electrons. The van der Waals surface area contributed by atoms with E-state index in [-0.39, 0.29) is 6.04 Å². The number of nitrogens with zero attached hydrogens (tertiary/aromatic N) is 1. The number of hydrogen-bond acceptors (Lipinski definition) is 2. The summed E-state index contributed by atoms with van der Waals surface area (Å²) in [5.41, 5.74) is 8.44. The molecular formula is C11H14N2. The molecular weight excluding hydrogens is 160 g/mol. The molecule has 13 heavy (non-hydrogen) atoms. The lowest BCUT2D eigenvalue weighted by Gasteiger charge is -2.17. The first-order valence-electron chi connectivity index (χ1n) is 4.73. The summed E-state index contributed by atoms with van der Waals surface area (Å²) in [6.07, 6.45) is 9.32. The van der Waals surface area contributed by atoms with E-state index in [0.29, 0.717) is 0 Å². The average molecular weight is 174 g/mol. The summed E-state index contributed by atoms with van der Waals surface area (Å²) < 4.78 is 0. The van der Waals surface area contributed by atoms with Crippen molar-refractivity contribution >= 4 is 5.57 Å². The van der Waals surface area contributed by atoms with E-state index < -0.39 is 0 Å². The van der Waals surface area contributed by atoms with Crippen molar-refractivity contribution in [3.63, 3.8) is 0 Å². The highest BCUT2D eigenvalue weighted by Gasteiger charge is 2.10. The SMILES string of the molecule is NC1C=C(c2cccnc2)CCC1. The molecule has 0 aliphatic heterocycles. The molecule has 1 atom stereocenters. The smallest absolute Gasteiger partial charge is 0.0342 e. The van der Waals surface area contributed by atoms with Gasteiger partial charge >= 0.3 is 0 Å². The minimum absolute atomic E-state index is 0.240. The van der Waals surface area contributed by atoms with Crippen LogP contribution in [-0.4, -0.2) is 11.0 Å². The molecule has 0 fully saturated rings. The maximum atomic E-state index is 5.87. The summed E-state index contributed by atoms with van der Waals surface area (Å²) in [7, 11) is 0. The zero-order chi connectivity index (χ0) is 9.10. The average Bonchev–Trinajstić information content (AvgIpc) is 2.19. The van der Waals surface area contributed by atoms with E-state index >= 15 is 0 Å². The van der Waals surface area contributed by atoms with Crippen molar-refractivity contribution in [1.29, 1.82) is 0 Å². The van der Waals surface area contributed by atoms with Gasteiger partial charge in [-0.25, -0.2) is 0 Å². The maximum Gasteiger partial charge on any atom is 0.0342 e. The van der Waals surface area contributed by atoms with Gasteiger partial charge in [-0.3, -0.25) is 4.98 Å². The number of rotatable bonds is 1. The van der Waals surface area contributed by atoms with Gasteiger partial charge in [0, 0.05) is 18.4 Å². The Labute approximate surface area is 78.5 Å². The van der Waals surface area contributed by atoms with E-state index in [1.165, 1.54) is 17.6 Å². The quantitative estimate of drug-likeness (QED) is 0.707. The zero-order valence-electron chi connectivity index (χ0n) is 7.61. The van der Waals surface area contributed by atoms with E-state index in [4.69, 9.17) is 5.73 Å². The molecule has 1 aromatic rings. The molecule has 2 heteroatoms. The Balaban J connectivity index is 2.26. The van der Waals surface area contributed by atoms with Crippen LogP contribution in [0.5, 0.6) is 0 Å². The highest BCUT2D eigenvalue weighted by molar-refractivity contribution is 5.66. The number of hydrogen-bond donors (Lipinski definition) is 1. The van der Waals surface area contributed by atoms with Gasteiger partial charge in [-0.2, -0.15) is 0 Å². The van der Waals surface area contributed by atoms with Gasteiger partial charge in [-0.1, -0.05) is 12.1 Å². The summed E-state index contributed by atoms with van der Waals surface area (Å²) in [6.45, 7) is 0. The molecule has 0 bridgehead atoms. The number of allylic oxidation sites excluding steroid dienone is 1. The highest BCUT2D eigenvalue weighted by atomic mass is 14.6. The van der Waals surface area contributed by atoms with Gasteiger partial charge in [-0.15, -0.1) is 0 Å². The van der Waals surface area contributed by atoms with Gasteiger partial charge < -0.3 is 5.73 Å². The fourth-order valence-corrected chi connectivity index (χ4v) is 1.75. The van der Waals surface area contributed by atoms with Crippen LogP contribution in [0.4, 0.5) is 0 Å². The van der Waals surface area contributed by atoms with Crippen molar-refractivity contribution in [2.75, 3.05) is 0 Å². The van der Waals surface area contributed by atoms with Crippen LogP contribution in [0.1, 0.15) is 24.8 Å². The second-order valence-electron chi connectivity index (χ2n) is 3.49. The third-order valence-electron chi connectivity index (χ3n) is 2.43. The molecule has 0 radical (unpaired) electrons. The minimum Gasteiger partial charge on any atom is -0.324 e. The van der Waals surface area contributed by atoms with Crippen molar-refractivity contribution < 1.29 is 0 Å². The van der Waals surface area contributed by atoms with Crippen LogP contribution < -0.4 is 5.73 Å². The van der Waals surface area contributed by atoms with E-state index in [1.807, 2.05) is 12.3 Å². The van der Waals surface area contributed by atoms with Gasteiger partial charge in [0.2, 0.25) is 0 Å². The Hall–Kier alpha value is -1.15. The van der Waals surface area contributed by atoms with Gasteiger partial charge in [-0.05, 0) is 36.5 Å². The monoisotopic (exact) mass is 174 g/mol. The first kappa shape index (κ1) is 8.45. The highest BCUT2D eigenvalue weighted by Crippen LogP contribution is 2.25. The fourth-order valence-electron chi connectivity index (χ4n) is 1.75. The van der Waals surface area contributed by atoms with Crippen LogP contribution in [0.25, 0.3) is 5.57 Å². The van der Waals surface area contributed by atoms with Crippen LogP contribution in [0.2, 0.25) is 0 Å². The van der Waals surface area contributed by atoms with Crippen molar-refractivity contribution in [3.8, 4) is 0 Å². The first-order valence-corrected chi connectivity index (χ1v) is 4.73. The number of aromatic nitrogens is 1. The van der Waals surface area contributed by atoms with Gasteiger partial charge in [0.15, 0.2) is 0 Å². The molecule has 2 nitrogen and oxygen atoms in total. The second-order valence-corrected chi connectivity index (χ2v) is 3.49. The molecule has 0 amide bonds. The topological polar surface area (TPSA) is 38.9 Å².